The first-order valence-electron chi connectivity index (χ1n) is 11.2. The molecule has 2 fully saturated rings. The third-order valence-electron chi connectivity index (χ3n) is 4.23. The van der Waals surface area contributed by atoms with E-state index in [-0.39, 0.29) is 0 Å². The van der Waals surface area contributed by atoms with Gasteiger partial charge in [0.25, 0.3) is 0 Å². The van der Waals surface area contributed by atoms with Gasteiger partial charge in [0.2, 0.25) is 0 Å². The first-order chi connectivity index (χ1) is 15.8. The standard InChI is InChI=1S/C20H32B2O12/c1-9(2)27-17(23)13-14(18(24)28-10(3)4)32-21(31-13)22-33-15(19(25)29-11(5)6)16(34-22)20(26)30-12(7)8/h9-16H,1-8H3/t13-,14-,15-,16-/m1/s1. The van der Waals surface area contributed by atoms with E-state index in [9.17, 15) is 19.2 Å². The zero-order valence-electron chi connectivity index (χ0n) is 20.7. The number of hydrogen-bond acceptors (Lipinski definition) is 12. The van der Waals surface area contributed by atoms with Crippen LogP contribution in [0.25, 0.3) is 0 Å². The van der Waals surface area contributed by atoms with Crippen molar-refractivity contribution in [3.05, 3.63) is 0 Å². The van der Waals surface area contributed by atoms with Crippen molar-refractivity contribution >= 4 is 37.9 Å². The fourth-order valence-corrected chi connectivity index (χ4v) is 3.10. The van der Waals surface area contributed by atoms with Gasteiger partial charge in [-0.05, 0) is 55.4 Å². The summed E-state index contributed by atoms with van der Waals surface area (Å²) in [5.74, 6) is -3.42. The van der Waals surface area contributed by atoms with Gasteiger partial charge < -0.3 is 37.6 Å². The minimum atomic E-state index is -1.48. The second kappa shape index (κ2) is 12.0. The average Bonchev–Trinajstić information content (AvgIpc) is 3.31. The Morgan fingerprint density at radius 1 is 0.471 bits per heavy atom. The Bertz CT molecular complexity index is 634. The van der Waals surface area contributed by atoms with Crippen molar-refractivity contribution in [3.63, 3.8) is 0 Å². The summed E-state index contributed by atoms with van der Waals surface area (Å²) in [5.41, 5.74) is 0. The Morgan fingerprint density at radius 2 is 0.647 bits per heavy atom. The summed E-state index contributed by atoms with van der Waals surface area (Å²) in [4.78, 5) is 50.2. The second-order valence-corrected chi connectivity index (χ2v) is 8.91. The molecule has 4 atom stereocenters. The summed E-state index contributed by atoms with van der Waals surface area (Å²) in [6, 6.07) is 0. The Labute approximate surface area is 199 Å². The summed E-state index contributed by atoms with van der Waals surface area (Å²) in [6.07, 6.45) is -7.85. The highest BCUT2D eigenvalue weighted by Crippen LogP contribution is 2.28. The zero-order valence-corrected chi connectivity index (χ0v) is 20.7. The van der Waals surface area contributed by atoms with Gasteiger partial charge in [0.15, 0.2) is 24.4 Å². The van der Waals surface area contributed by atoms with Gasteiger partial charge >= 0.3 is 37.9 Å². The highest BCUT2D eigenvalue weighted by Gasteiger charge is 2.62. The van der Waals surface area contributed by atoms with E-state index >= 15 is 0 Å². The lowest BCUT2D eigenvalue weighted by molar-refractivity contribution is -0.167. The molecular weight excluding hydrogens is 454 g/mol. The Morgan fingerprint density at radius 3 is 0.794 bits per heavy atom. The van der Waals surface area contributed by atoms with Crippen LogP contribution in [0.3, 0.4) is 0 Å². The minimum Gasteiger partial charge on any atom is -0.461 e. The number of carbonyl (C=O) groups excluding carboxylic acids is 4. The van der Waals surface area contributed by atoms with Crippen molar-refractivity contribution in [2.75, 3.05) is 0 Å². The van der Waals surface area contributed by atoms with Crippen LogP contribution in [0.2, 0.25) is 0 Å². The van der Waals surface area contributed by atoms with Gasteiger partial charge in [0.05, 0.1) is 24.4 Å². The zero-order chi connectivity index (χ0) is 25.7. The van der Waals surface area contributed by atoms with Crippen molar-refractivity contribution < 1.29 is 56.7 Å². The fourth-order valence-electron chi connectivity index (χ4n) is 3.10. The van der Waals surface area contributed by atoms with Gasteiger partial charge in [-0.15, -0.1) is 0 Å². The van der Waals surface area contributed by atoms with Crippen LogP contribution < -0.4 is 0 Å². The minimum absolute atomic E-state index is 0.485. The molecule has 2 rings (SSSR count). The molecule has 12 nitrogen and oxygen atoms in total. The molecule has 0 amide bonds. The van der Waals surface area contributed by atoms with Crippen molar-refractivity contribution in [2.45, 2.75) is 104 Å². The lowest BCUT2D eigenvalue weighted by Gasteiger charge is -2.18. The van der Waals surface area contributed by atoms with Crippen molar-refractivity contribution in [2.24, 2.45) is 0 Å². The van der Waals surface area contributed by atoms with Crippen LogP contribution in [0.1, 0.15) is 55.4 Å². The molecule has 2 heterocycles. The summed E-state index contributed by atoms with van der Waals surface area (Å²) in [6.45, 7) is 13.0. The number of rotatable bonds is 9. The first kappa shape index (κ1) is 28.1. The average molecular weight is 486 g/mol. The molecule has 0 bridgehead atoms. The van der Waals surface area contributed by atoms with Crippen molar-refractivity contribution in [1.29, 1.82) is 0 Å². The molecule has 0 aromatic carbocycles. The lowest BCUT2D eigenvalue weighted by atomic mass is 9.49. The molecule has 0 spiro atoms. The topological polar surface area (TPSA) is 142 Å². The molecule has 2 saturated heterocycles. The summed E-state index contributed by atoms with van der Waals surface area (Å²) >= 11 is 0. The third-order valence-corrected chi connectivity index (χ3v) is 4.23. The van der Waals surface area contributed by atoms with E-state index in [0.717, 1.165) is 0 Å². The lowest BCUT2D eigenvalue weighted by Crippen LogP contribution is -2.41. The van der Waals surface area contributed by atoms with Crippen LogP contribution in [0, 0.1) is 0 Å². The van der Waals surface area contributed by atoms with Crippen LogP contribution in [0.5, 0.6) is 0 Å². The summed E-state index contributed by atoms with van der Waals surface area (Å²) in [5, 5.41) is 0. The molecule has 2 aliphatic rings. The molecular formula is C20H32B2O12. The maximum absolute atomic E-state index is 12.5. The van der Waals surface area contributed by atoms with Crippen molar-refractivity contribution in [1.82, 2.24) is 0 Å². The number of carbonyl (C=O) groups is 4. The maximum Gasteiger partial charge on any atom is 0.489 e. The highest BCUT2D eigenvalue weighted by atomic mass is 16.7. The predicted octanol–water partition coefficient (Wildman–Crippen LogP) is 0.416. The van der Waals surface area contributed by atoms with Crippen LogP contribution >= 0.6 is 0 Å². The largest absolute Gasteiger partial charge is 0.489 e. The first-order valence-corrected chi connectivity index (χ1v) is 11.2. The van der Waals surface area contributed by atoms with Gasteiger partial charge in [-0.3, -0.25) is 0 Å². The fraction of sp³-hybridized carbons (Fsp3) is 0.800. The SMILES string of the molecule is CC(C)OC(=O)[C@@H]1OB(B2O[C@@H](C(=O)OC(C)C)[C@H](C(=O)OC(C)C)O2)O[C@H]1C(=O)OC(C)C. The monoisotopic (exact) mass is 486 g/mol. The Kier molecular flexibility index (Phi) is 9.92. The number of esters is 4. The Hall–Kier alpha value is -2.15. The van der Waals surface area contributed by atoms with Crippen LogP contribution in [-0.4, -0.2) is 86.7 Å². The number of ether oxygens (including phenoxy) is 4. The van der Waals surface area contributed by atoms with E-state index in [4.69, 9.17) is 37.6 Å². The summed E-state index contributed by atoms with van der Waals surface area (Å²) in [7, 11) is -2.92. The normalized spacial score (nSPS) is 24.8. The van der Waals surface area contributed by atoms with E-state index in [1.54, 1.807) is 55.4 Å². The van der Waals surface area contributed by atoms with E-state index in [1.807, 2.05) is 0 Å². The molecule has 0 N–H and O–H groups in total. The van der Waals surface area contributed by atoms with Crippen LogP contribution in [0.4, 0.5) is 0 Å². The van der Waals surface area contributed by atoms with E-state index < -0.39 is 86.7 Å². The molecule has 0 aromatic rings. The summed E-state index contributed by atoms with van der Waals surface area (Å²) < 4.78 is 43.0. The van der Waals surface area contributed by atoms with Gasteiger partial charge in [0.1, 0.15) is 0 Å². The highest BCUT2D eigenvalue weighted by molar-refractivity contribution is 7.11. The molecule has 0 saturated carbocycles. The van der Waals surface area contributed by atoms with Crippen LogP contribution in [0.15, 0.2) is 0 Å². The van der Waals surface area contributed by atoms with Crippen LogP contribution in [-0.2, 0) is 56.7 Å². The van der Waals surface area contributed by atoms with Gasteiger partial charge in [-0.2, -0.15) is 0 Å². The van der Waals surface area contributed by atoms with Crippen molar-refractivity contribution in [3.8, 4) is 0 Å². The molecule has 34 heavy (non-hydrogen) atoms. The molecule has 0 radical (unpaired) electrons. The molecule has 0 aromatic heterocycles. The van der Waals surface area contributed by atoms with Gasteiger partial charge in [-0.1, -0.05) is 0 Å². The molecule has 0 aliphatic carbocycles. The predicted molar refractivity (Wildman–Crippen MR) is 116 cm³/mol. The van der Waals surface area contributed by atoms with Gasteiger partial charge in [-0.25, -0.2) is 19.2 Å². The van der Waals surface area contributed by atoms with E-state index in [0.29, 0.717) is 0 Å². The van der Waals surface area contributed by atoms with Gasteiger partial charge in [0, 0.05) is 0 Å². The maximum atomic E-state index is 12.5. The Balaban J connectivity index is 2.24. The quantitative estimate of drug-likeness (QED) is 0.253. The molecule has 14 heteroatoms. The molecule has 0 unspecified atom stereocenters. The van der Waals surface area contributed by atoms with E-state index in [1.165, 1.54) is 0 Å². The van der Waals surface area contributed by atoms with E-state index in [2.05, 4.69) is 0 Å². The smallest absolute Gasteiger partial charge is 0.461 e. The molecule has 190 valence electrons. The molecule has 2 aliphatic heterocycles. The second-order valence-electron chi connectivity index (χ2n) is 8.91. The third kappa shape index (κ3) is 7.42. The number of hydrogen-bond donors (Lipinski definition) is 0.